The van der Waals surface area contributed by atoms with E-state index < -0.39 is 18.3 Å². The molecular formula is C6H14N4O3. The Labute approximate surface area is 75.4 Å². The van der Waals surface area contributed by atoms with Gasteiger partial charge in [0.25, 0.3) is 0 Å². The first-order valence-corrected chi connectivity index (χ1v) is 3.59. The number of aliphatic hydroxyl groups excluding tert-OH is 3. The molecule has 0 aliphatic carbocycles. The van der Waals surface area contributed by atoms with Gasteiger partial charge in [0.15, 0.2) is 0 Å². The third-order valence-corrected chi connectivity index (χ3v) is 1.48. The molecule has 0 heterocycles. The van der Waals surface area contributed by atoms with Gasteiger partial charge in [-0.3, -0.25) is 0 Å². The Balaban J connectivity index is 4.46. The van der Waals surface area contributed by atoms with Gasteiger partial charge in [0.05, 0.1) is 12.3 Å². The van der Waals surface area contributed by atoms with Crippen LogP contribution in [0.15, 0.2) is 10.2 Å². The van der Waals surface area contributed by atoms with Gasteiger partial charge in [0, 0.05) is 0 Å². The summed E-state index contributed by atoms with van der Waals surface area (Å²) in [6.45, 7) is 1.32. The molecule has 3 atom stereocenters. The summed E-state index contributed by atoms with van der Waals surface area (Å²) in [6, 6.07) is 0. The Kier molecular flexibility index (Phi) is 4.97. The first-order valence-electron chi connectivity index (χ1n) is 3.59. The van der Waals surface area contributed by atoms with Crippen LogP contribution in [-0.4, -0.2) is 45.6 Å². The standard InChI is InChI=1S/C6H14N4O3/c1-3(11)5(12)6(13)4(10-8)2-9-7/h2-3,5-6,11-13H,7-8H2,1H3/b9-2+,10-4+. The monoisotopic (exact) mass is 190 g/mol. The molecule has 0 radical (unpaired) electrons. The second-order valence-electron chi connectivity index (χ2n) is 2.51. The van der Waals surface area contributed by atoms with Crippen molar-refractivity contribution in [2.45, 2.75) is 25.2 Å². The Morgan fingerprint density at radius 1 is 1.31 bits per heavy atom. The van der Waals surface area contributed by atoms with Gasteiger partial charge in [0.2, 0.25) is 0 Å². The van der Waals surface area contributed by atoms with Gasteiger partial charge in [0.1, 0.15) is 17.9 Å². The Morgan fingerprint density at radius 3 is 2.15 bits per heavy atom. The number of nitrogens with zero attached hydrogens (tertiary/aromatic N) is 2. The van der Waals surface area contributed by atoms with E-state index in [4.69, 9.17) is 16.8 Å². The molecule has 0 saturated carbocycles. The number of hydrogen-bond donors (Lipinski definition) is 5. The number of rotatable bonds is 4. The van der Waals surface area contributed by atoms with Gasteiger partial charge < -0.3 is 27.0 Å². The molecule has 0 rings (SSSR count). The predicted molar refractivity (Wildman–Crippen MR) is 48.0 cm³/mol. The summed E-state index contributed by atoms with van der Waals surface area (Å²) >= 11 is 0. The van der Waals surface area contributed by atoms with Gasteiger partial charge in [-0.2, -0.15) is 10.2 Å². The third-order valence-electron chi connectivity index (χ3n) is 1.48. The van der Waals surface area contributed by atoms with E-state index >= 15 is 0 Å². The molecule has 3 unspecified atom stereocenters. The Bertz CT molecular complexity index is 204. The molecule has 7 nitrogen and oxygen atoms in total. The molecule has 0 aromatic heterocycles. The van der Waals surface area contributed by atoms with Gasteiger partial charge >= 0.3 is 0 Å². The van der Waals surface area contributed by atoms with Crippen LogP contribution in [0.4, 0.5) is 0 Å². The van der Waals surface area contributed by atoms with Crippen LogP contribution in [0.1, 0.15) is 6.92 Å². The quantitative estimate of drug-likeness (QED) is 0.187. The molecule has 0 bridgehead atoms. The molecule has 13 heavy (non-hydrogen) atoms. The van der Waals surface area contributed by atoms with Crippen molar-refractivity contribution in [3.63, 3.8) is 0 Å². The topological polar surface area (TPSA) is 137 Å². The molecule has 0 saturated heterocycles. The van der Waals surface area contributed by atoms with Crippen molar-refractivity contribution in [3.8, 4) is 0 Å². The lowest BCUT2D eigenvalue weighted by Crippen LogP contribution is -2.42. The van der Waals surface area contributed by atoms with E-state index in [-0.39, 0.29) is 5.71 Å². The van der Waals surface area contributed by atoms with Crippen LogP contribution < -0.4 is 11.7 Å². The van der Waals surface area contributed by atoms with Crippen LogP contribution in [0.5, 0.6) is 0 Å². The second-order valence-corrected chi connectivity index (χ2v) is 2.51. The van der Waals surface area contributed by atoms with E-state index in [0.717, 1.165) is 6.21 Å². The van der Waals surface area contributed by atoms with Crippen molar-refractivity contribution >= 4 is 11.9 Å². The molecule has 0 aromatic rings. The summed E-state index contributed by atoms with van der Waals surface area (Å²) in [4.78, 5) is 0. The maximum absolute atomic E-state index is 9.31. The Hall–Kier alpha value is -1.18. The van der Waals surface area contributed by atoms with Crippen LogP contribution in [0.25, 0.3) is 0 Å². The van der Waals surface area contributed by atoms with Crippen molar-refractivity contribution in [3.05, 3.63) is 0 Å². The minimum atomic E-state index is -1.41. The Morgan fingerprint density at radius 2 is 1.85 bits per heavy atom. The minimum absolute atomic E-state index is 0.101. The van der Waals surface area contributed by atoms with Gasteiger partial charge in [-0.25, -0.2) is 0 Å². The molecule has 7 N–H and O–H groups in total. The lowest BCUT2D eigenvalue weighted by molar-refractivity contribution is -0.0249. The van der Waals surface area contributed by atoms with Crippen molar-refractivity contribution < 1.29 is 15.3 Å². The van der Waals surface area contributed by atoms with E-state index in [1.807, 2.05) is 0 Å². The van der Waals surface area contributed by atoms with Crippen molar-refractivity contribution in [2.75, 3.05) is 0 Å². The first kappa shape index (κ1) is 11.8. The van der Waals surface area contributed by atoms with E-state index in [0.29, 0.717) is 0 Å². The van der Waals surface area contributed by atoms with Crippen LogP contribution in [-0.2, 0) is 0 Å². The number of nitrogens with two attached hydrogens (primary N) is 2. The SMILES string of the molecule is CC(O)C(O)C(O)C(/C=N/N)=N/N. The molecule has 76 valence electrons. The van der Waals surface area contributed by atoms with E-state index in [2.05, 4.69) is 10.2 Å². The highest BCUT2D eigenvalue weighted by molar-refractivity contribution is 6.32. The maximum Gasteiger partial charge on any atom is 0.128 e. The second kappa shape index (κ2) is 5.46. The fourth-order valence-electron chi connectivity index (χ4n) is 0.701. The zero-order valence-electron chi connectivity index (χ0n) is 7.20. The number of aliphatic hydroxyl groups is 3. The fourth-order valence-corrected chi connectivity index (χ4v) is 0.701. The first-order chi connectivity index (χ1) is 6.04. The minimum Gasteiger partial charge on any atom is -0.391 e. The molecule has 0 amide bonds. The fraction of sp³-hybridized carbons (Fsp3) is 0.667. The van der Waals surface area contributed by atoms with Crippen molar-refractivity contribution in [2.24, 2.45) is 21.9 Å². The van der Waals surface area contributed by atoms with Gasteiger partial charge in [-0.05, 0) is 6.92 Å². The van der Waals surface area contributed by atoms with Gasteiger partial charge in [-0.1, -0.05) is 0 Å². The van der Waals surface area contributed by atoms with Crippen LogP contribution in [0.3, 0.4) is 0 Å². The summed E-state index contributed by atoms with van der Waals surface area (Å²) in [7, 11) is 0. The number of hydrogen-bond acceptors (Lipinski definition) is 7. The molecule has 0 aromatic carbocycles. The summed E-state index contributed by atoms with van der Waals surface area (Å²) < 4.78 is 0. The zero-order valence-corrected chi connectivity index (χ0v) is 7.20. The molecule has 7 heteroatoms. The molecule has 0 aliphatic rings. The van der Waals surface area contributed by atoms with Crippen molar-refractivity contribution in [1.82, 2.24) is 0 Å². The van der Waals surface area contributed by atoms with Crippen LogP contribution in [0.2, 0.25) is 0 Å². The largest absolute Gasteiger partial charge is 0.391 e. The van der Waals surface area contributed by atoms with E-state index in [1.165, 1.54) is 6.92 Å². The third kappa shape index (κ3) is 3.36. The lowest BCUT2D eigenvalue weighted by Gasteiger charge is -2.19. The summed E-state index contributed by atoms with van der Waals surface area (Å²) in [5.74, 6) is 9.68. The maximum atomic E-state index is 9.31. The van der Waals surface area contributed by atoms with E-state index in [1.54, 1.807) is 0 Å². The highest BCUT2D eigenvalue weighted by Crippen LogP contribution is 2.00. The summed E-state index contributed by atoms with van der Waals surface area (Å²) in [6.07, 6.45) is -2.88. The molecule has 0 aliphatic heterocycles. The average Bonchev–Trinajstić information content (AvgIpc) is 2.11. The highest BCUT2D eigenvalue weighted by atomic mass is 16.4. The summed E-state index contributed by atoms with van der Waals surface area (Å²) in [5, 5.41) is 33.6. The smallest absolute Gasteiger partial charge is 0.128 e. The highest BCUT2D eigenvalue weighted by Gasteiger charge is 2.25. The molecule has 0 spiro atoms. The van der Waals surface area contributed by atoms with Crippen LogP contribution in [0, 0.1) is 0 Å². The molecular weight excluding hydrogens is 176 g/mol. The normalized spacial score (nSPS) is 20.2. The predicted octanol–water partition coefficient (Wildman–Crippen LogP) is -2.65. The van der Waals surface area contributed by atoms with Gasteiger partial charge in [-0.15, -0.1) is 0 Å². The molecule has 0 fully saturated rings. The average molecular weight is 190 g/mol. The van der Waals surface area contributed by atoms with E-state index in [9.17, 15) is 10.2 Å². The lowest BCUT2D eigenvalue weighted by atomic mass is 10.1. The zero-order chi connectivity index (χ0) is 10.4. The van der Waals surface area contributed by atoms with Crippen LogP contribution >= 0.6 is 0 Å². The van der Waals surface area contributed by atoms with Crippen molar-refractivity contribution in [1.29, 1.82) is 0 Å². The summed E-state index contributed by atoms with van der Waals surface area (Å²) in [5.41, 5.74) is -0.101. The number of hydrazone groups is 2.